The van der Waals surface area contributed by atoms with Crippen LogP contribution in [0.15, 0.2) is 77.6 Å². The predicted octanol–water partition coefficient (Wildman–Crippen LogP) is 7.06. The highest BCUT2D eigenvalue weighted by Crippen LogP contribution is 2.40. The fraction of sp³-hybridized carbons (Fsp3) is 0.364. The van der Waals surface area contributed by atoms with E-state index >= 15 is 0 Å². The Labute approximate surface area is 235 Å². The minimum atomic E-state index is 0.0303. The third kappa shape index (κ3) is 6.35. The van der Waals surface area contributed by atoms with Gasteiger partial charge in [0.15, 0.2) is 0 Å². The minimum absolute atomic E-state index is 0.0303. The number of likely N-dealkylation sites (tertiary alicyclic amines) is 1. The highest BCUT2D eigenvalue weighted by atomic mass is 32.1. The van der Waals surface area contributed by atoms with Crippen LogP contribution in [0.5, 0.6) is 0 Å². The van der Waals surface area contributed by atoms with E-state index in [9.17, 15) is 4.79 Å². The maximum Gasteiger partial charge on any atom is 0.261 e. The van der Waals surface area contributed by atoms with Crippen molar-refractivity contribution in [2.75, 3.05) is 32.7 Å². The fourth-order valence-electron chi connectivity index (χ4n) is 5.75. The van der Waals surface area contributed by atoms with Gasteiger partial charge in [0, 0.05) is 29.1 Å². The third-order valence-electron chi connectivity index (χ3n) is 8.09. The molecule has 6 heteroatoms. The van der Waals surface area contributed by atoms with Crippen molar-refractivity contribution in [1.29, 1.82) is 0 Å². The second kappa shape index (κ2) is 12.3. The number of nitrogens with one attached hydrogen (secondary N) is 2. The van der Waals surface area contributed by atoms with Gasteiger partial charge in [-0.2, -0.15) is 0 Å². The first-order chi connectivity index (χ1) is 19.2. The summed E-state index contributed by atoms with van der Waals surface area (Å²) >= 11 is 1.59. The summed E-state index contributed by atoms with van der Waals surface area (Å²) in [6.07, 6.45) is 9.66. The molecule has 2 aliphatic rings. The molecule has 0 atom stereocenters. The largest absolute Gasteiger partial charge is 0.472 e. The number of thiophene rings is 1. The van der Waals surface area contributed by atoms with Crippen molar-refractivity contribution >= 4 is 17.2 Å². The van der Waals surface area contributed by atoms with Gasteiger partial charge in [-0.1, -0.05) is 55.0 Å². The lowest BCUT2D eigenvalue weighted by Crippen LogP contribution is -2.35. The number of amides is 1. The van der Waals surface area contributed by atoms with Crippen molar-refractivity contribution in [3.8, 4) is 32.7 Å². The van der Waals surface area contributed by atoms with Crippen molar-refractivity contribution in [2.45, 2.75) is 38.6 Å². The van der Waals surface area contributed by atoms with E-state index in [4.69, 9.17) is 4.42 Å². The van der Waals surface area contributed by atoms with Crippen LogP contribution in [0.3, 0.4) is 0 Å². The summed E-state index contributed by atoms with van der Waals surface area (Å²) < 4.78 is 5.27. The molecular weight excluding hydrogens is 502 g/mol. The number of furan rings is 1. The predicted molar refractivity (Wildman–Crippen MR) is 160 cm³/mol. The van der Waals surface area contributed by atoms with Crippen LogP contribution in [0.1, 0.15) is 47.3 Å². The van der Waals surface area contributed by atoms with E-state index in [1.165, 1.54) is 37.9 Å². The molecule has 0 saturated carbocycles. The van der Waals surface area contributed by atoms with Crippen molar-refractivity contribution < 1.29 is 9.21 Å². The Bertz CT molecular complexity index is 1350. The molecule has 2 fully saturated rings. The van der Waals surface area contributed by atoms with Crippen LogP contribution < -0.4 is 10.6 Å². The molecule has 4 heterocycles. The second-order valence-electron chi connectivity index (χ2n) is 10.9. The molecule has 2 aliphatic heterocycles. The van der Waals surface area contributed by atoms with Gasteiger partial charge in [-0.15, -0.1) is 11.3 Å². The zero-order chi connectivity index (χ0) is 26.4. The molecule has 1 amide bonds. The molecule has 5 nitrogen and oxygen atoms in total. The summed E-state index contributed by atoms with van der Waals surface area (Å²) in [7, 11) is 0. The molecule has 6 rings (SSSR count). The van der Waals surface area contributed by atoms with E-state index in [-0.39, 0.29) is 5.91 Å². The van der Waals surface area contributed by atoms with Gasteiger partial charge < -0.3 is 15.1 Å². The lowest BCUT2D eigenvalue weighted by Gasteiger charge is -2.26. The average molecular weight is 540 g/mol. The second-order valence-corrected chi connectivity index (χ2v) is 11.9. The van der Waals surface area contributed by atoms with Crippen molar-refractivity contribution in [1.82, 2.24) is 15.5 Å². The monoisotopic (exact) mass is 539 g/mol. The van der Waals surface area contributed by atoms with Crippen LogP contribution in [0.4, 0.5) is 0 Å². The van der Waals surface area contributed by atoms with Crippen molar-refractivity contribution in [3.05, 3.63) is 83.6 Å². The Balaban J connectivity index is 1.26. The molecule has 202 valence electrons. The highest BCUT2D eigenvalue weighted by molar-refractivity contribution is 7.18. The quantitative estimate of drug-likeness (QED) is 0.252. The molecule has 0 spiro atoms. The van der Waals surface area contributed by atoms with Gasteiger partial charge in [0.05, 0.1) is 17.4 Å². The molecule has 2 aromatic carbocycles. The van der Waals surface area contributed by atoms with Gasteiger partial charge in [-0.05, 0) is 92.2 Å². The maximum atomic E-state index is 13.3. The van der Waals surface area contributed by atoms with Gasteiger partial charge in [0.2, 0.25) is 0 Å². The molecule has 0 bridgehead atoms. The van der Waals surface area contributed by atoms with Crippen molar-refractivity contribution in [2.24, 2.45) is 5.92 Å². The number of hydrogen-bond donors (Lipinski definition) is 2. The van der Waals surface area contributed by atoms with Gasteiger partial charge >= 0.3 is 0 Å². The Kier molecular flexibility index (Phi) is 8.24. The Hall–Kier alpha value is -3.19. The maximum absolute atomic E-state index is 13.3. The van der Waals surface area contributed by atoms with Gasteiger partial charge in [0.1, 0.15) is 0 Å². The lowest BCUT2D eigenvalue weighted by atomic mass is 9.98. The molecule has 0 radical (unpaired) electrons. The van der Waals surface area contributed by atoms with Crippen molar-refractivity contribution in [3.63, 3.8) is 0 Å². The smallest absolute Gasteiger partial charge is 0.261 e. The summed E-state index contributed by atoms with van der Waals surface area (Å²) in [6, 6.07) is 21.6. The van der Waals surface area contributed by atoms with E-state index < -0.39 is 0 Å². The van der Waals surface area contributed by atoms with Gasteiger partial charge in [-0.25, -0.2) is 0 Å². The first-order valence-electron chi connectivity index (χ1n) is 14.3. The number of carbonyl (C=O) groups is 1. The number of hydrogen-bond acceptors (Lipinski definition) is 5. The molecule has 2 N–H and O–H groups in total. The first kappa shape index (κ1) is 26.1. The third-order valence-corrected chi connectivity index (χ3v) is 9.27. The van der Waals surface area contributed by atoms with Gasteiger partial charge in [0.25, 0.3) is 5.91 Å². The summed E-state index contributed by atoms with van der Waals surface area (Å²) in [6.45, 7) is 6.22. The van der Waals surface area contributed by atoms with E-state index in [1.54, 1.807) is 23.9 Å². The minimum Gasteiger partial charge on any atom is -0.472 e. The molecule has 2 saturated heterocycles. The molecule has 2 aromatic heterocycles. The molecular formula is C33H37N3O2S. The van der Waals surface area contributed by atoms with E-state index in [0.29, 0.717) is 5.92 Å². The summed E-state index contributed by atoms with van der Waals surface area (Å²) in [5, 5.41) is 6.62. The van der Waals surface area contributed by atoms with E-state index in [2.05, 4.69) is 70.1 Å². The summed E-state index contributed by atoms with van der Waals surface area (Å²) in [5.41, 5.74) is 6.93. The lowest BCUT2D eigenvalue weighted by molar-refractivity contribution is 0.0948. The van der Waals surface area contributed by atoms with Crippen LogP contribution in [0, 0.1) is 5.92 Å². The Morgan fingerprint density at radius 2 is 1.62 bits per heavy atom. The number of nitrogens with zero attached hydrogens (tertiary/aromatic N) is 1. The normalized spacial score (nSPS) is 16.8. The number of rotatable bonds is 8. The van der Waals surface area contributed by atoms with Crippen LogP contribution in [0.25, 0.3) is 32.7 Å². The zero-order valence-corrected chi connectivity index (χ0v) is 23.3. The number of piperidine rings is 2. The number of benzene rings is 2. The fourth-order valence-corrected chi connectivity index (χ4v) is 6.85. The Morgan fingerprint density at radius 1 is 0.897 bits per heavy atom. The van der Waals surface area contributed by atoms with Crippen LogP contribution in [-0.4, -0.2) is 43.5 Å². The van der Waals surface area contributed by atoms with E-state index in [0.717, 1.165) is 76.6 Å². The molecule has 39 heavy (non-hydrogen) atoms. The summed E-state index contributed by atoms with van der Waals surface area (Å²) in [5.74, 6) is 0.583. The summed E-state index contributed by atoms with van der Waals surface area (Å²) in [4.78, 5) is 17.7. The van der Waals surface area contributed by atoms with Gasteiger partial charge in [-0.3, -0.25) is 9.69 Å². The zero-order valence-electron chi connectivity index (χ0n) is 22.5. The molecule has 4 aromatic rings. The van der Waals surface area contributed by atoms with Crippen LogP contribution in [0.2, 0.25) is 0 Å². The van der Waals surface area contributed by atoms with Crippen LogP contribution in [-0.2, 0) is 6.54 Å². The molecule has 0 unspecified atom stereocenters. The average Bonchev–Trinajstić information content (AvgIpc) is 3.69. The molecule has 0 aliphatic carbocycles. The highest BCUT2D eigenvalue weighted by Gasteiger charge is 2.20. The Morgan fingerprint density at radius 3 is 2.33 bits per heavy atom. The van der Waals surface area contributed by atoms with Crippen LogP contribution >= 0.6 is 11.3 Å². The topological polar surface area (TPSA) is 57.5 Å². The standard InChI is InChI=1S/C33H37N3O2S/c37-33(35-21-24-12-15-34-16-13-24)31-20-30(27-6-4-25(5-7-27)22-36-17-2-1-3-18-36)32(39-31)28-10-8-26(9-11-28)29-14-19-38-23-29/h4-11,14,19-20,23-24,34H,1-3,12-13,15-18,21-22H2,(H,35,37). The first-order valence-corrected chi connectivity index (χ1v) is 15.1. The SMILES string of the molecule is O=C(NCC1CCNCC1)c1cc(-c2ccc(CN3CCCCC3)cc2)c(-c2ccc(-c3ccoc3)cc2)s1. The van der Waals surface area contributed by atoms with E-state index in [1.807, 2.05) is 6.07 Å². The number of carbonyl (C=O) groups excluding carboxylic acids is 1.